The Kier molecular flexibility index (Phi) is 4.81. The molecule has 2 N–H and O–H groups in total. The quantitative estimate of drug-likeness (QED) is 0.864. The van der Waals surface area contributed by atoms with E-state index in [9.17, 15) is 0 Å². The fraction of sp³-hybridized carbons (Fsp3) is 0.222. The van der Waals surface area contributed by atoms with Crippen LogP contribution in [-0.4, -0.2) is 13.6 Å². The van der Waals surface area contributed by atoms with Crippen molar-refractivity contribution in [1.29, 1.82) is 0 Å². The van der Waals surface area contributed by atoms with Gasteiger partial charge in [0.05, 0.1) is 6.54 Å². The van der Waals surface area contributed by atoms with Crippen LogP contribution >= 0.6 is 0 Å². The third-order valence-corrected chi connectivity index (χ3v) is 3.19. The number of anilines is 1. The topological polar surface area (TPSA) is 29.3 Å². The van der Waals surface area contributed by atoms with Crippen LogP contribution in [0.4, 0.5) is 5.69 Å². The molecular formula is C18H20N2. The predicted octanol–water partition coefficient (Wildman–Crippen LogP) is 2.94. The first kappa shape index (κ1) is 14.2. The summed E-state index contributed by atoms with van der Waals surface area (Å²) in [5.41, 5.74) is 10.2. The van der Waals surface area contributed by atoms with Gasteiger partial charge in [-0.1, -0.05) is 42.2 Å². The molecular weight excluding hydrogens is 244 g/mol. The van der Waals surface area contributed by atoms with Crippen LogP contribution in [0.25, 0.3) is 0 Å². The Bertz CT molecular complexity index is 635. The maximum absolute atomic E-state index is 5.45. The average Bonchev–Trinajstić information content (AvgIpc) is 2.46. The first-order valence-electron chi connectivity index (χ1n) is 6.75. The fourth-order valence-corrected chi connectivity index (χ4v) is 2.14. The number of hydrogen-bond donors (Lipinski definition) is 1. The largest absolute Gasteiger partial charge is 0.370 e. The lowest BCUT2D eigenvalue weighted by atomic mass is 10.1. The molecule has 0 amide bonds. The monoisotopic (exact) mass is 264 g/mol. The Morgan fingerprint density at radius 2 is 1.90 bits per heavy atom. The normalized spacial score (nSPS) is 9.75. The van der Waals surface area contributed by atoms with Crippen molar-refractivity contribution >= 4 is 5.69 Å². The fourth-order valence-electron chi connectivity index (χ4n) is 2.14. The second-order valence-corrected chi connectivity index (χ2v) is 4.86. The molecule has 0 fully saturated rings. The van der Waals surface area contributed by atoms with Crippen molar-refractivity contribution < 1.29 is 0 Å². The van der Waals surface area contributed by atoms with Crippen LogP contribution in [0.2, 0.25) is 0 Å². The van der Waals surface area contributed by atoms with E-state index >= 15 is 0 Å². The van der Waals surface area contributed by atoms with Gasteiger partial charge in [-0.25, -0.2) is 0 Å². The highest BCUT2D eigenvalue weighted by molar-refractivity contribution is 5.50. The van der Waals surface area contributed by atoms with Crippen molar-refractivity contribution in [1.82, 2.24) is 0 Å². The summed E-state index contributed by atoms with van der Waals surface area (Å²) in [7, 11) is 2.10. The van der Waals surface area contributed by atoms with Crippen LogP contribution in [0.5, 0.6) is 0 Å². The Hall–Kier alpha value is -2.24. The molecule has 2 heteroatoms. The lowest BCUT2D eigenvalue weighted by molar-refractivity contribution is 0.919. The molecule has 2 rings (SSSR count). The van der Waals surface area contributed by atoms with E-state index in [4.69, 9.17) is 5.73 Å². The summed E-state index contributed by atoms with van der Waals surface area (Å²) >= 11 is 0. The summed E-state index contributed by atoms with van der Waals surface area (Å²) in [5, 5.41) is 0. The molecule has 0 unspecified atom stereocenters. The molecule has 2 aromatic carbocycles. The van der Waals surface area contributed by atoms with Crippen molar-refractivity contribution in [3.8, 4) is 11.8 Å². The summed E-state index contributed by atoms with van der Waals surface area (Å²) < 4.78 is 0. The molecule has 2 nitrogen and oxygen atoms in total. The molecule has 0 aromatic heterocycles. The van der Waals surface area contributed by atoms with Gasteiger partial charge >= 0.3 is 0 Å². The first-order chi connectivity index (χ1) is 9.70. The summed E-state index contributed by atoms with van der Waals surface area (Å²) in [5.74, 6) is 6.07. The van der Waals surface area contributed by atoms with Crippen LogP contribution in [0.15, 0.2) is 48.5 Å². The van der Waals surface area contributed by atoms with Gasteiger partial charge < -0.3 is 10.6 Å². The SMILES string of the molecule is Cc1cccc(N(C)Cc2ccccc2C#CCN)c1. The summed E-state index contributed by atoms with van der Waals surface area (Å²) in [6, 6.07) is 16.7. The van der Waals surface area contributed by atoms with Gasteiger partial charge in [0.25, 0.3) is 0 Å². The molecule has 20 heavy (non-hydrogen) atoms. The molecule has 0 radical (unpaired) electrons. The summed E-state index contributed by atoms with van der Waals surface area (Å²) in [6.45, 7) is 3.33. The summed E-state index contributed by atoms with van der Waals surface area (Å²) in [4.78, 5) is 2.23. The van der Waals surface area contributed by atoms with Crippen molar-refractivity contribution in [3.63, 3.8) is 0 Å². The molecule has 2 aromatic rings. The van der Waals surface area contributed by atoms with Crippen molar-refractivity contribution in [3.05, 3.63) is 65.2 Å². The summed E-state index contributed by atoms with van der Waals surface area (Å²) in [6.07, 6.45) is 0. The molecule has 0 aliphatic heterocycles. The van der Waals surface area contributed by atoms with Gasteiger partial charge in [-0.2, -0.15) is 0 Å². The Labute approximate surface area is 121 Å². The predicted molar refractivity (Wildman–Crippen MR) is 85.7 cm³/mol. The second kappa shape index (κ2) is 6.79. The van der Waals surface area contributed by atoms with Crippen LogP contribution in [0, 0.1) is 18.8 Å². The number of nitrogens with two attached hydrogens (primary N) is 1. The Morgan fingerprint density at radius 3 is 2.65 bits per heavy atom. The van der Waals surface area contributed by atoms with Crippen LogP contribution in [-0.2, 0) is 6.54 Å². The molecule has 0 bridgehead atoms. The van der Waals surface area contributed by atoms with E-state index in [1.165, 1.54) is 16.8 Å². The molecule has 0 atom stereocenters. The molecule has 0 aliphatic carbocycles. The zero-order valence-electron chi connectivity index (χ0n) is 12.1. The standard InChI is InChI=1S/C18H20N2/c1-15-7-5-11-18(13-15)20(2)14-17-9-4-3-8-16(17)10-6-12-19/h3-5,7-9,11,13H,12,14,19H2,1-2H3. The highest BCUT2D eigenvalue weighted by Gasteiger charge is 2.05. The van der Waals surface area contributed by atoms with Gasteiger partial charge in [-0.15, -0.1) is 0 Å². The highest BCUT2D eigenvalue weighted by Crippen LogP contribution is 2.18. The minimum atomic E-state index is 0.391. The number of nitrogens with zero attached hydrogens (tertiary/aromatic N) is 1. The molecule has 102 valence electrons. The van der Waals surface area contributed by atoms with E-state index in [2.05, 4.69) is 61.0 Å². The maximum Gasteiger partial charge on any atom is 0.0555 e. The van der Waals surface area contributed by atoms with Gasteiger partial charge in [0, 0.05) is 24.8 Å². The van der Waals surface area contributed by atoms with Crippen molar-refractivity contribution in [2.45, 2.75) is 13.5 Å². The Morgan fingerprint density at radius 1 is 1.10 bits per heavy atom. The third-order valence-electron chi connectivity index (χ3n) is 3.19. The van der Waals surface area contributed by atoms with Crippen molar-refractivity contribution in [2.24, 2.45) is 5.73 Å². The van der Waals surface area contributed by atoms with Gasteiger partial charge in [-0.05, 0) is 36.2 Å². The number of rotatable bonds is 3. The third kappa shape index (κ3) is 3.63. The van der Waals surface area contributed by atoms with Crippen LogP contribution in [0.1, 0.15) is 16.7 Å². The van der Waals surface area contributed by atoms with Gasteiger partial charge in [0.15, 0.2) is 0 Å². The molecule has 0 saturated heterocycles. The smallest absolute Gasteiger partial charge is 0.0555 e. The number of hydrogen-bond acceptors (Lipinski definition) is 2. The second-order valence-electron chi connectivity index (χ2n) is 4.86. The molecule has 0 saturated carbocycles. The minimum Gasteiger partial charge on any atom is -0.370 e. The first-order valence-corrected chi connectivity index (χ1v) is 6.75. The van der Waals surface area contributed by atoms with E-state index in [1.54, 1.807) is 0 Å². The molecule has 0 spiro atoms. The van der Waals surface area contributed by atoms with Crippen LogP contribution < -0.4 is 10.6 Å². The zero-order valence-corrected chi connectivity index (χ0v) is 12.1. The van der Waals surface area contributed by atoms with E-state index in [1.807, 2.05) is 18.2 Å². The zero-order chi connectivity index (χ0) is 14.4. The van der Waals surface area contributed by atoms with E-state index < -0.39 is 0 Å². The van der Waals surface area contributed by atoms with E-state index in [0.29, 0.717) is 6.54 Å². The van der Waals surface area contributed by atoms with Crippen molar-refractivity contribution in [2.75, 3.05) is 18.5 Å². The van der Waals surface area contributed by atoms with Crippen LogP contribution in [0.3, 0.4) is 0 Å². The van der Waals surface area contributed by atoms with Gasteiger partial charge in [0.2, 0.25) is 0 Å². The lowest BCUT2D eigenvalue weighted by Gasteiger charge is -2.20. The molecule has 0 aliphatic rings. The van der Waals surface area contributed by atoms with E-state index in [-0.39, 0.29) is 0 Å². The maximum atomic E-state index is 5.45. The Balaban J connectivity index is 2.21. The minimum absolute atomic E-state index is 0.391. The van der Waals surface area contributed by atoms with E-state index in [0.717, 1.165) is 12.1 Å². The lowest BCUT2D eigenvalue weighted by Crippen LogP contribution is -2.17. The highest BCUT2D eigenvalue weighted by atomic mass is 15.1. The average molecular weight is 264 g/mol. The molecule has 0 heterocycles. The van der Waals surface area contributed by atoms with Gasteiger partial charge in [-0.3, -0.25) is 0 Å². The number of aryl methyl sites for hydroxylation is 1. The van der Waals surface area contributed by atoms with Gasteiger partial charge in [0.1, 0.15) is 0 Å². The number of benzene rings is 2.